The van der Waals surface area contributed by atoms with Crippen LogP contribution in [0.5, 0.6) is 0 Å². The zero-order chi connectivity index (χ0) is 15.6. The molecule has 0 aliphatic rings. The zero-order valence-electron chi connectivity index (χ0n) is 12.3. The molecule has 0 amide bonds. The number of aromatic nitrogens is 2. The molecule has 2 N–H and O–H groups in total. The lowest BCUT2D eigenvalue weighted by molar-refractivity contribution is 0.636. The lowest BCUT2D eigenvalue weighted by Crippen LogP contribution is -2.25. The van der Waals surface area contributed by atoms with Gasteiger partial charge in [-0.1, -0.05) is 24.4 Å². The van der Waals surface area contributed by atoms with E-state index in [1.54, 1.807) is 12.3 Å². The highest BCUT2D eigenvalue weighted by molar-refractivity contribution is 7.80. The Balaban J connectivity index is 2.30. The number of hydrogen-bond donors (Lipinski definition) is 1. The van der Waals surface area contributed by atoms with Crippen molar-refractivity contribution < 1.29 is 0 Å². The highest BCUT2D eigenvalue weighted by atomic mass is 32.1. The highest BCUT2D eigenvalue weighted by Gasteiger charge is 2.06. The van der Waals surface area contributed by atoms with E-state index in [9.17, 15) is 4.79 Å². The van der Waals surface area contributed by atoms with E-state index in [0.29, 0.717) is 11.5 Å². The van der Waals surface area contributed by atoms with E-state index in [2.05, 4.69) is 5.10 Å². The molecule has 110 valence electrons. The number of thiocarbonyl (C=S) groups is 1. The Morgan fingerprint density at radius 1 is 1.38 bits per heavy atom. The number of aryl methyl sites for hydroxylation is 1. The first-order valence-electron chi connectivity index (χ1n) is 6.52. The molecule has 2 rings (SSSR count). The van der Waals surface area contributed by atoms with Crippen molar-refractivity contribution >= 4 is 22.9 Å². The van der Waals surface area contributed by atoms with Gasteiger partial charge < -0.3 is 10.6 Å². The largest absolute Gasteiger partial charge is 0.389 e. The summed E-state index contributed by atoms with van der Waals surface area (Å²) in [6.07, 6.45) is 1.68. The summed E-state index contributed by atoms with van der Waals surface area (Å²) in [4.78, 5) is 14.3. The van der Waals surface area contributed by atoms with Gasteiger partial charge in [-0.15, -0.1) is 0 Å². The number of hydrogen-bond acceptors (Lipinski definition) is 4. The van der Waals surface area contributed by atoms with Crippen molar-refractivity contribution in [3.63, 3.8) is 0 Å². The van der Waals surface area contributed by atoms with Crippen LogP contribution in [0.25, 0.3) is 0 Å². The zero-order valence-corrected chi connectivity index (χ0v) is 13.1. The second-order valence-corrected chi connectivity index (χ2v) is 5.55. The molecule has 0 saturated carbocycles. The van der Waals surface area contributed by atoms with Crippen LogP contribution in [0.1, 0.15) is 16.7 Å². The minimum absolute atomic E-state index is 0.126. The highest BCUT2D eigenvalue weighted by Crippen LogP contribution is 2.12. The normalized spacial score (nSPS) is 10.4. The average Bonchev–Trinajstić information content (AvgIpc) is 2.42. The molecule has 0 spiro atoms. The maximum Gasteiger partial charge on any atom is 0.269 e. The Kier molecular flexibility index (Phi) is 4.37. The Morgan fingerprint density at radius 2 is 2.10 bits per heavy atom. The first kappa shape index (κ1) is 15.2. The van der Waals surface area contributed by atoms with Crippen molar-refractivity contribution in [3.8, 4) is 0 Å². The summed E-state index contributed by atoms with van der Waals surface area (Å²) in [7, 11) is 3.75. The summed E-state index contributed by atoms with van der Waals surface area (Å²) in [5, 5.41) is 4.21. The fraction of sp³-hybridized carbons (Fsp3) is 0.267. The van der Waals surface area contributed by atoms with Crippen LogP contribution in [0, 0.1) is 6.92 Å². The Labute approximate surface area is 129 Å². The van der Waals surface area contributed by atoms with Crippen LogP contribution in [0.3, 0.4) is 0 Å². The molecular weight excluding hydrogens is 284 g/mol. The van der Waals surface area contributed by atoms with Gasteiger partial charge in [0.15, 0.2) is 0 Å². The lowest BCUT2D eigenvalue weighted by Gasteiger charge is -2.13. The van der Waals surface area contributed by atoms with E-state index in [0.717, 1.165) is 22.4 Å². The van der Waals surface area contributed by atoms with Gasteiger partial charge in [-0.3, -0.25) is 4.79 Å². The molecule has 0 saturated heterocycles. The molecule has 6 heteroatoms. The first-order valence-corrected chi connectivity index (χ1v) is 6.93. The van der Waals surface area contributed by atoms with Crippen LogP contribution < -0.4 is 16.2 Å². The molecule has 1 heterocycles. The van der Waals surface area contributed by atoms with Crippen LogP contribution in [0.15, 0.2) is 35.3 Å². The third-order valence-corrected chi connectivity index (χ3v) is 3.55. The van der Waals surface area contributed by atoms with Crippen molar-refractivity contribution in [2.75, 3.05) is 19.0 Å². The van der Waals surface area contributed by atoms with Crippen molar-refractivity contribution in [1.29, 1.82) is 0 Å². The second kappa shape index (κ2) is 6.05. The summed E-state index contributed by atoms with van der Waals surface area (Å²) in [6.45, 7) is 2.40. The maximum atomic E-state index is 12.1. The first-order chi connectivity index (χ1) is 9.88. The van der Waals surface area contributed by atoms with Crippen LogP contribution in [-0.2, 0) is 6.54 Å². The van der Waals surface area contributed by atoms with Gasteiger partial charge in [0.25, 0.3) is 5.56 Å². The van der Waals surface area contributed by atoms with E-state index in [1.165, 1.54) is 4.68 Å². The van der Waals surface area contributed by atoms with Gasteiger partial charge in [-0.2, -0.15) is 5.10 Å². The molecule has 0 fully saturated rings. The van der Waals surface area contributed by atoms with Crippen molar-refractivity contribution in [2.24, 2.45) is 5.73 Å². The fourth-order valence-corrected chi connectivity index (χ4v) is 2.10. The molecule has 0 aliphatic heterocycles. The third kappa shape index (κ3) is 3.46. The Bertz CT molecular complexity index is 737. The molecular formula is C15H18N4OS. The van der Waals surface area contributed by atoms with Crippen molar-refractivity contribution in [3.05, 3.63) is 57.5 Å². The number of anilines is 1. The topological polar surface area (TPSA) is 64.2 Å². The number of nitrogens with two attached hydrogens (primary N) is 1. The van der Waals surface area contributed by atoms with Gasteiger partial charge >= 0.3 is 0 Å². The molecule has 0 bridgehead atoms. The van der Waals surface area contributed by atoms with Crippen LogP contribution >= 0.6 is 12.2 Å². The van der Waals surface area contributed by atoms with Gasteiger partial charge in [0, 0.05) is 25.7 Å². The summed E-state index contributed by atoms with van der Waals surface area (Å²) < 4.78 is 1.44. The van der Waals surface area contributed by atoms with E-state index in [-0.39, 0.29) is 5.56 Å². The maximum absolute atomic E-state index is 12.1. The summed E-state index contributed by atoms with van der Waals surface area (Å²) in [5.74, 6) is 0. The van der Waals surface area contributed by atoms with Crippen LogP contribution in [0.2, 0.25) is 0 Å². The predicted molar refractivity (Wildman–Crippen MR) is 89.0 cm³/mol. The van der Waals surface area contributed by atoms with E-state index < -0.39 is 0 Å². The minimum atomic E-state index is -0.126. The SMILES string of the molecule is Cc1cc(C(N)=S)ccc1Cn1ncc(N(C)C)cc1=O. The van der Waals surface area contributed by atoms with Crippen molar-refractivity contribution in [1.82, 2.24) is 9.78 Å². The summed E-state index contributed by atoms with van der Waals surface area (Å²) >= 11 is 4.96. The van der Waals surface area contributed by atoms with Crippen molar-refractivity contribution in [2.45, 2.75) is 13.5 Å². The molecule has 5 nitrogen and oxygen atoms in total. The van der Waals surface area contributed by atoms with Gasteiger partial charge in [0.1, 0.15) is 4.99 Å². The van der Waals surface area contributed by atoms with E-state index >= 15 is 0 Å². The van der Waals surface area contributed by atoms with E-state index in [1.807, 2.05) is 44.1 Å². The molecule has 2 aromatic rings. The van der Waals surface area contributed by atoms with Gasteiger partial charge in [-0.05, 0) is 24.1 Å². The van der Waals surface area contributed by atoms with Crippen LogP contribution in [0.4, 0.5) is 5.69 Å². The standard InChI is InChI=1S/C15H18N4OS/c1-10-6-11(15(16)21)4-5-12(10)9-19-14(20)7-13(8-17-19)18(2)3/h4-8H,9H2,1-3H3,(H2,16,21). The molecule has 0 radical (unpaired) electrons. The van der Waals surface area contributed by atoms with E-state index in [4.69, 9.17) is 18.0 Å². The smallest absolute Gasteiger partial charge is 0.269 e. The number of rotatable bonds is 4. The molecule has 0 unspecified atom stereocenters. The Hall–Kier alpha value is -2.21. The summed E-state index contributed by atoms with van der Waals surface area (Å²) in [5.41, 5.74) is 9.15. The monoisotopic (exact) mass is 302 g/mol. The molecule has 0 aliphatic carbocycles. The molecule has 0 atom stereocenters. The summed E-state index contributed by atoms with van der Waals surface area (Å²) in [6, 6.07) is 7.30. The molecule has 1 aromatic carbocycles. The van der Waals surface area contributed by atoms with Gasteiger partial charge in [-0.25, -0.2) is 4.68 Å². The van der Waals surface area contributed by atoms with Crippen LogP contribution in [-0.4, -0.2) is 28.9 Å². The quantitative estimate of drug-likeness (QED) is 0.863. The van der Waals surface area contributed by atoms with Gasteiger partial charge in [0.05, 0.1) is 18.4 Å². The second-order valence-electron chi connectivity index (χ2n) is 5.11. The minimum Gasteiger partial charge on any atom is -0.389 e. The third-order valence-electron chi connectivity index (χ3n) is 3.32. The fourth-order valence-electron chi connectivity index (χ4n) is 1.98. The molecule has 1 aromatic heterocycles. The lowest BCUT2D eigenvalue weighted by atomic mass is 10.1. The number of benzene rings is 1. The molecule has 21 heavy (non-hydrogen) atoms. The van der Waals surface area contributed by atoms with Gasteiger partial charge in [0.2, 0.25) is 0 Å². The average molecular weight is 302 g/mol. The predicted octanol–water partition coefficient (Wildman–Crippen LogP) is 1.30. The number of nitrogens with zero attached hydrogens (tertiary/aromatic N) is 3. The Morgan fingerprint density at radius 3 is 2.62 bits per heavy atom.